The Labute approximate surface area is 93.1 Å². The number of nitrogens with zero attached hydrogens (tertiary/aromatic N) is 1. The summed E-state index contributed by atoms with van der Waals surface area (Å²) >= 11 is 5.60. The first kappa shape index (κ1) is 10.3. The monoisotopic (exact) mass is 225 g/mol. The highest BCUT2D eigenvalue weighted by molar-refractivity contribution is 6.17. The second-order valence-corrected chi connectivity index (χ2v) is 3.68. The second kappa shape index (κ2) is 4.53. The lowest BCUT2D eigenvalue weighted by Crippen LogP contribution is -1.84. The maximum absolute atomic E-state index is 5.60. The molecule has 2 aromatic heterocycles. The fourth-order valence-electron chi connectivity index (χ4n) is 1.41. The quantitative estimate of drug-likeness (QED) is 0.749. The molecule has 0 saturated heterocycles. The van der Waals surface area contributed by atoms with Gasteiger partial charge in [-0.05, 0) is 19.4 Å². The SMILES string of the molecule is Cc1occc1-c1cnc(CCCCl)o1. The van der Waals surface area contributed by atoms with Crippen molar-refractivity contribution in [3.05, 3.63) is 30.2 Å². The van der Waals surface area contributed by atoms with Gasteiger partial charge < -0.3 is 8.83 Å². The molecule has 0 spiro atoms. The van der Waals surface area contributed by atoms with E-state index in [0.717, 1.165) is 35.8 Å². The van der Waals surface area contributed by atoms with Crippen molar-refractivity contribution in [1.82, 2.24) is 4.98 Å². The Balaban J connectivity index is 2.17. The molecular weight excluding hydrogens is 214 g/mol. The third-order valence-corrected chi connectivity index (χ3v) is 2.47. The van der Waals surface area contributed by atoms with Gasteiger partial charge >= 0.3 is 0 Å². The van der Waals surface area contributed by atoms with E-state index in [0.29, 0.717) is 5.88 Å². The van der Waals surface area contributed by atoms with Crippen molar-refractivity contribution in [1.29, 1.82) is 0 Å². The number of furan rings is 1. The first-order valence-electron chi connectivity index (χ1n) is 4.86. The Kier molecular flexibility index (Phi) is 3.11. The molecule has 2 heterocycles. The van der Waals surface area contributed by atoms with E-state index in [-0.39, 0.29) is 0 Å². The molecule has 2 aromatic rings. The normalized spacial score (nSPS) is 10.8. The van der Waals surface area contributed by atoms with Crippen LogP contribution in [0.1, 0.15) is 18.1 Å². The van der Waals surface area contributed by atoms with E-state index in [1.165, 1.54) is 0 Å². The van der Waals surface area contributed by atoms with Crippen LogP contribution in [0.5, 0.6) is 0 Å². The summed E-state index contributed by atoms with van der Waals surface area (Å²) in [4.78, 5) is 4.18. The van der Waals surface area contributed by atoms with E-state index in [9.17, 15) is 0 Å². The van der Waals surface area contributed by atoms with E-state index in [2.05, 4.69) is 4.98 Å². The molecule has 0 aliphatic carbocycles. The third kappa shape index (κ3) is 2.23. The molecule has 3 nitrogen and oxygen atoms in total. The maximum atomic E-state index is 5.60. The minimum atomic E-state index is 0.627. The summed E-state index contributed by atoms with van der Waals surface area (Å²) in [5.41, 5.74) is 0.958. The molecule has 80 valence electrons. The van der Waals surface area contributed by atoms with Crippen LogP contribution in [0.15, 0.2) is 27.4 Å². The number of aromatic nitrogens is 1. The van der Waals surface area contributed by atoms with Crippen molar-refractivity contribution >= 4 is 11.6 Å². The van der Waals surface area contributed by atoms with Gasteiger partial charge in [0.25, 0.3) is 0 Å². The van der Waals surface area contributed by atoms with Gasteiger partial charge in [0.15, 0.2) is 11.7 Å². The zero-order chi connectivity index (χ0) is 10.7. The van der Waals surface area contributed by atoms with Gasteiger partial charge in [-0.3, -0.25) is 0 Å². The maximum Gasteiger partial charge on any atom is 0.194 e. The Bertz CT molecular complexity index is 433. The van der Waals surface area contributed by atoms with Crippen LogP contribution in [0.3, 0.4) is 0 Å². The van der Waals surface area contributed by atoms with Crippen LogP contribution in [-0.2, 0) is 6.42 Å². The summed E-state index contributed by atoms with van der Waals surface area (Å²) in [6.07, 6.45) is 5.03. The summed E-state index contributed by atoms with van der Waals surface area (Å²) in [5.74, 6) is 2.95. The highest BCUT2D eigenvalue weighted by Crippen LogP contribution is 2.25. The molecule has 0 amide bonds. The minimum absolute atomic E-state index is 0.627. The van der Waals surface area contributed by atoms with E-state index in [1.807, 2.05) is 13.0 Å². The molecule has 0 aromatic carbocycles. The van der Waals surface area contributed by atoms with E-state index >= 15 is 0 Å². The van der Waals surface area contributed by atoms with Crippen LogP contribution in [0.2, 0.25) is 0 Å². The van der Waals surface area contributed by atoms with Crippen molar-refractivity contribution in [2.75, 3.05) is 5.88 Å². The number of halogens is 1. The lowest BCUT2D eigenvalue weighted by molar-refractivity contribution is 0.499. The molecule has 0 aliphatic rings. The van der Waals surface area contributed by atoms with Crippen molar-refractivity contribution < 1.29 is 8.83 Å². The van der Waals surface area contributed by atoms with Gasteiger partial charge in [-0.2, -0.15) is 0 Å². The Morgan fingerprint density at radius 2 is 2.33 bits per heavy atom. The molecule has 0 atom stereocenters. The summed E-state index contributed by atoms with van der Waals surface area (Å²) in [6.45, 7) is 1.90. The van der Waals surface area contributed by atoms with Crippen LogP contribution >= 0.6 is 11.6 Å². The summed E-state index contributed by atoms with van der Waals surface area (Å²) in [6, 6.07) is 1.88. The number of alkyl halides is 1. The van der Waals surface area contributed by atoms with Gasteiger partial charge in [0, 0.05) is 12.3 Å². The number of hydrogen-bond acceptors (Lipinski definition) is 3. The summed E-state index contributed by atoms with van der Waals surface area (Å²) < 4.78 is 10.8. The minimum Gasteiger partial charge on any atom is -0.469 e. The van der Waals surface area contributed by atoms with Crippen LogP contribution < -0.4 is 0 Å². The van der Waals surface area contributed by atoms with Crippen molar-refractivity contribution in [2.24, 2.45) is 0 Å². The summed E-state index contributed by atoms with van der Waals surface area (Å²) in [5, 5.41) is 0. The number of hydrogen-bond donors (Lipinski definition) is 0. The lowest BCUT2D eigenvalue weighted by atomic mass is 10.2. The first-order valence-corrected chi connectivity index (χ1v) is 5.40. The molecule has 2 rings (SSSR count). The summed E-state index contributed by atoms with van der Waals surface area (Å²) in [7, 11) is 0. The fourth-order valence-corrected chi connectivity index (χ4v) is 1.54. The zero-order valence-electron chi connectivity index (χ0n) is 8.50. The van der Waals surface area contributed by atoms with Gasteiger partial charge in [-0.1, -0.05) is 0 Å². The van der Waals surface area contributed by atoms with Gasteiger partial charge in [0.05, 0.1) is 18.0 Å². The predicted molar refractivity (Wildman–Crippen MR) is 58.0 cm³/mol. The molecule has 0 saturated carbocycles. The molecule has 0 unspecified atom stereocenters. The van der Waals surface area contributed by atoms with Crippen LogP contribution in [0.4, 0.5) is 0 Å². The first-order chi connectivity index (χ1) is 7.31. The zero-order valence-corrected chi connectivity index (χ0v) is 9.25. The van der Waals surface area contributed by atoms with Crippen molar-refractivity contribution in [3.8, 4) is 11.3 Å². The number of rotatable bonds is 4. The van der Waals surface area contributed by atoms with Gasteiger partial charge in [0.1, 0.15) is 5.76 Å². The van der Waals surface area contributed by atoms with E-state index < -0.39 is 0 Å². The molecule has 0 N–H and O–H groups in total. The van der Waals surface area contributed by atoms with Gasteiger partial charge in [-0.15, -0.1) is 11.6 Å². The van der Waals surface area contributed by atoms with E-state index in [1.54, 1.807) is 12.5 Å². The second-order valence-electron chi connectivity index (χ2n) is 3.30. The lowest BCUT2D eigenvalue weighted by Gasteiger charge is -1.92. The van der Waals surface area contributed by atoms with Crippen molar-refractivity contribution in [2.45, 2.75) is 19.8 Å². The largest absolute Gasteiger partial charge is 0.469 e. The van der Waals surface area contributed by atoms with Crippen molar-refractivity contribution in [3.63, 3.8) is 0 Å². The molecule has 0 radical (unpaired) electrons. The average molecular weight is 226 g/mol. The molecule has 0 aliphatic heterocycles. The Morgan fingerprint density at radius 1 is 1.47 bits per heavy atom. The van der Waals surface area contributed by atoms with Crippen LogP contribution in [-0.4, -0.2) is 10.9 Å². The predicted octanol–water partition coefficient (Wildman–Crippen LogP) is 3.41. The Morgan fingerprint density at radius 3 is 3.00 bits per heavy atom. The van der Waals surface area contributed by atoms with Crippen LogP contribution in [0, 0.1) is 6.92 Å². The number of oxazole rings is 1. The van der Waals surface area contributed by atoms with E-state index in [4.69, 9.17) is 20.4 Å². The Hall–Kier alpha value is -1.22. The molecular formula is C11H12ClNO2. The van der Waals surface area contributed by atoms with Gasteiger partial charge in [-0.25, -0.2) is 4.98 Å². The molecule has 0 fully saturated rings. The standard InChI is InChI=1S/C11H12ClNO2/c1-8-9(4-6-14-8)10-7-13-11(15-10)3-2-5-12/h4,6-7H,2-3,5H2,1H3. The molecule has 4 heteroatoms. The fraction of sp³-hybridized carbons (Fsp3) is 0.364. The third-order valence-electron chi connectivity index (χ3n) is 2.20. The highest BCUT2D eigenvalue weighted by atomic mass is 35.5. The average Bonchev–Trinajstić information content (AvgIpc) is 2.83. The number of aryl methyl sites for hydroxylation is 2. The van der Waals surface area contributed by atoms with Gasteiger partial charge in [0.2, 0.25) is 0 Å². The topological polar surface area (TPSA) is 39.2 Å². The smallest absolute Gasteiger partial charge is 0.194 e. The van der Waals surface area contributed by atoms with Crippen LogP contribution in [0.25, 0.3) is 11.3 Å². The highest BCUT2D eigenvalue weighted by Gasteiger charge is 2.10. The molecule has 15 heavy (non-hydrogen) atoms. The molecule has 0 bridgehead atoms.